The molecule has 0 unspecified atom stereocenters. The average molecular weight is 450 g/mol. The number of carbonyl (C=O) groups excluding carboxylic acids is 1. The minimum atomic E-state index is -1.33. The van der Waals surface area contributed by atoms with Crippen LogP contribution >= 0.6 is 23.2 Å². The van der Waals surface area contributed by atoms with E-state index < -0.39 is 28.4 Å². The number of anilines is 1. The maximum absolute atomic E-state index is 14.3. The number of halogens is 5. The molecule has 1 heterocycles. The van der Waals surface area contributed by atoms with Gasteiger partial charge in [0.05, 0.1) is 21.6 Å². The molecule has 0 aliphatic carbocycles. The third kappa shape index (κ3) is 3.62. The predicted molar refractivity (Wildman–Crippen MR) is 111 cm³/mol. The van der Waals surface area contributed by atoms with E-state index in [4.69, 9.17) is 23.2 Å². The summed E-state index contributed by atoms with van der Waals surface area (Å²) in [6.45, 7) is 1.66. The molecule has 1 amide bonds. The Kier molecular flexibility index (Phi) is 5.17. The minimum absolute atomic E-state index is 0.134. The molecule has 0 aliphatic heterocycles. The molecular formula is C21H12Cl2F3N3O. The SMILES string of the molecule is Cc1c(NC(=O)c2ccc(F)c(F)c2Cl)cc(F)cc1-c1nc2cc(Cl)ccc2[nH]1. The molecule has 0 aliphatic rings. The monoisotopic (exact) mass is 449 g/mol. The third-order valence-corrected chi connectivity index (χ3v) is 5.21. The molecule has 0 fully saturated rings. The molecule has 152 valence electrons. The van der Waals surface area contributed by atoms with Crippen molar-refractivity contribution in [1.82, 2.24) is 9.97 Å². The van der Waals surface area contributed by atoms with Crippen LogP contribution in [-0.2, 0) is 0 Å². The van der Waals surface area contributed by atoms with Gasteiger partial charge in [-0.25, -0.2) is 18.2 Å². The first-order chi connectivity index (χ1) is 14.2. The van der Waals surface area contributed by atoms with E-state index >= 15 is 0 Å². The molecule has 0 atom stereocenters. The van der Waals surface area contributed by atoms with Crippen LogP contribution in [0.4, 0.5) is 18.9 Å². The number of hydrogen-bond donors (Lipinski definition) is 2. The molecule has 0 saturated carbocycles. The smallest absolute Gasteiger partial charge is 0.257 e. The second-order valence-corrected chi connectivity index (χ2v) is 7.36. The highest BCUT2D eigenvalue weighted by Crippen LogP contribution is 2.31. The molecule has 4 nitrogen and oxygen atoms in total. The van der Waals surface area contributed by atoms with Crippen LogP contribution in [0.15, 0.2) is 42.5 Å². The van der Waals surface area contributed by atoms with E-state index in [1.165, 1.54) is 6.07 Å². The Labute approximate surface area is 178 Å². The molecule has 1 aromatic heterocycles. The first kappa shape index (κ1) is 20.3. The maximum atomic E-state index is 14.3. The van der Waals surface area contributed by atoms with Crippen molar-refractivity contribution in [2.75, 3.05) is 5.32 Å². The van der Waals surface area contributed by atoms with Crippen LogP contribution in [0.3, 0.4) is 0 Å². The topological polar surface area (TPSA) is 57.8 Å². The van der Waals surface area contributed by atoms with Crippen LogP contribution in [-0.4, -0.2) is 15.9 Å². The Hall–Kier alpha value is -3.03. The van der Waals surface area contributed by atoms with Gasteiger partial charge in [-0.3, -0.25) is 4.79 Å². The fraction of sp³-hybridized carbons (Fsp3) is 0.0476. The number of fused-ring (bicyclic) bond motifs is 1. The fourth-order valence-corrected chi connectivity index (χ4v) is 3.46. The van der Waals surface area contributed by atoms with E-state index in [9.17, 15) is 18.0 Å². The number of rotatable bonds is 3. The lowest BCUT2D eigenvalue weighted by Gasteiger charge is -2.13. The molecule has 0 radical (unpaired) electrons. The maximum Gasteiger partial charge on any atom is 0.257 e. The number of nitrogens with one attached hydrogen (secondary N) is 2. The summed E-state index contributed by atoms with van der Waals surface area (Å²) in [5.41, 5.74) is 2.08. The zero-order valence-corrected chi connectivity index (χ0v) is 16.8. The zero-order chi connectivity index (χ0) is 21.6. The van der Waals surface area contributed by atoms with Crippen molar-refractivity contribution in [3.05, 3.63) is 81.1 Å². The predicted octanol–water partition coefficient (Wildman–Crippen LogP) is 6.51. The van der Waals surface area contributed by atoms with Gasteiger partial charge in [-0.15, -0.1) is 0 Å². The Bertz CT molecular complexity index is 1320. The van der Waals surface area contributed by atoms with Gasteiger partial charge < -0.3 is 10.3 Å². The highest BCUT2D eigenvalue weighted by Gasteiger charge is 2.20. The number of hydrogen-bond acceptors (Lipinski definition) is 2. The number of aromatic nitrogens is 2. The number of carbonyl (C=O) groups is 1. The highest BCUT2D eigenvalue weighted by atomic mass is 35.5. The van der Waals surface area contributed by atoms with Crippen molar-refractivity contribution < 1.29 is 18.0 Å². The molecule has 3 aromatic carbocycles. The highest BCUT2D eigenvalue weighted by molar-refractivity contribution is 6.34. The number of imidazole rings is 1. The van der Waals surface area contributed by atoms with Crippen LogP contribution in [0.25, 0.3) is 22.4 Å². The van der Waals surface area contributed by atoms with Crippen molar-refractivity contribution in [3.8, 4) is 11.4 Å². The molecule has 4 rings (SSSR count). The Morgan fingerprint density at radius 3 is 2.60 bits per heavy atom. The van der Waals surface area contributed by atoms with Crippen LogP contribution in [0.2, 0.25) is 10.0 Å². The summed E-state index contributed by atoms with van der Waals surface area (Å²) in [5.74, 6) is -3.56. The zero-order valence-electron chi connectivity index (χ0n) is 15.3. The molecule has 0 spiro atoms. The van der Waals surface area contributed by atoms with E-state index in [0.717, 1.165) is 18.2 Å². The number of aromatic amines is 1. The first-order valence-corrected chi connectivity index (χ1v) is 9.41. The molecule has 30 heavy (non-hydrogen) atoms. The largest absolute Gasteiger partial charge is 0.338 e. The van der Waals surface area contributed by atoms with Gasteiger partial charge in [0, 0.05) is 16.3 Å². The van der Waals surface area contributed by atoms with Crippen molar-refractivity contribution in [1.29, 1.82) is 0 Å². The summed E-state index contributed by atoms with van der Waals surface area (Å²) < 4.78 is 41.3. The van der Waals surface area contributed by atoms with Crippen LogP contribution in [0.5, 0.6) is 0 Å². The molecule has 0 bridgehead atoms. The lowest BCUT2D eigenvalue weighted by Crippen LogP contribution is -2.15. The fourth-order valence-electron chi connectivity index (χ4n) is 3.05. The van der Waals surface area contributed by atoms with Gasteiger partial charge in [0.2, 0.25) is 0 Å². The Morgan fingerprint density at radius 1 is 1.07 bits per heavy atom. The summed E-state index contributed by atoms with van der Waals surface area (Å²) >= 11 is 11.7. The number of benzene rings is 3. The van der Waals surface area contributed by atoms with Gasteiger partial charge in [0.1, 0.15) is 11.6 Å². The Morgan fingerprint density at radius 2 is 1.83 bits per heavy atom. The van der Waals surface area contributed by atoms with Crippen LogP contribution < -0.4 is 5.32 Å². The van der Waals surface area contributed by atoms with Gasteiger partial charge in [-0.1, -0.05) is 23.2 Å². The van der Waals surface area contributed by atoms with Gasteiger partial charge in [0.15, 0.2) is 11.6 Å². The van der Waals surface area contributed by atoms with Gasteiger partial charge >= 0.3 is 0 Å². The van der Waals surface area contributed by atoms with Gasteiger partial charge in [0.25, 0.3) is 5.91 Å². The van der Waals surface area contributed by atoms with E-state index in [2.05, 4.69) is 15.3 Å². The summed E-state index contributed by atoms with van der Waals surface area (Å²) in [5, 5.41) is 2.34. The summed E-state index contributed by atoms with van der Waals surface area (Å²) in [4.78, 5) is 20.1. The normalized spacial score (nSPS) is 11.1. The van der Waals surface area contributed by atoms with E-state index in [1.807, 2.05) is 0 Å². The quantitative estimate of drug-likeness (QED) is 0.350. The van der Waals surface area contributed by atoms with E-state index in [0.29, 0.717) is 33.0 Å². The molecule has 9 heteroatoms. The molecule has 2 N–H and O–H groups in total. The molecule has 0 saturated heterocycles. The van der Waals surface area contributed by atoms with Gasteiger partial charge in [-0.05, 0) is 55.0 Å². The van der Waals surface area contributed by atoms with Crippen molar-refractivity contribution in [2.24, 2.45) is 0 Å². The number of nitrogens with zero attached hydrogens (tertiary/aromatic N) is 1. The van der Waals surface area contributed by atoms with Crippen LogP contribution in [0.1, 0.15) is 15.9 Å². The number of H-pyrrole nitrogens is 1. The Balaban J connectivity index is 1.74. The van der Waals surface area contributed by atoms with Crippen molar-refractivity contribution in [2.45, 2.75) is 6.92 Å². The molecular weight excluding hydrogens is 438 g/mol. The lowest BCUT2D eigenvalue weighted by molar-refractivity contribution is 0.102. The molecule has 4 aromatic rings. The van der Waals surface area contributed by atoms with Gasteiger partial charge in [-0.2, -0.15) is 0 Å². The standard InChI is InChI=1S/C21H12Cl2F3N3O/c1-9-13(20-27-15-5-2-10(22)6-17(15)28-20)7-11(24)8-16(9)29-21(30)12-3-4-14(25)19(26)18(12)23/h2-8H,1H3,(H,27,28)(H,29,30). The van der Waals surface area contributed by atoms with E-state index in [1.54, 1.807) is 25.1 Å². The number of amides is 1. The minimum Gasteiger partial charge on any atom is -0.338 e. The second kappa shape index (κ2) is 7.66. The second-order valence-electron chi connectivity index (χ2n) is 6.55. The van der Waals surface area contributed by atoms with Crippen LogP contribution in [0, 0.1) is 24.4 Å². The van der Waals surface area contributed by atoms with E-state index in [-0.39, 0.29) is 11.3 Å². The first-order valence-electron chi connectivity index (χ1n) is 8.65. The average Bonchev–Trinajstić information content (AvgIpc) is 3.11. The van der Waals surface area contributed by atoms with Crippen molar-refractivity contribution >= 4 is 45.8 Å². The summed E-state index contributed by atoms with van der Waals surface area (Å²) in [6.07, 6.45) is 0. The third-order valence-electron chi connectivity index (χ3n) is 4.60. The summed E-state index contributed by atoms with van der Waals surface area (Å²) in [7, 11) is 0. The summed E-state index contributed by atoms with van der Waals surface area (Å²) in [6, 6.07) is 9.34. The van der Waals surface area contributed by atoms with Crippen molar-refractivity contribution in [3.63, 3.8) is 0 Å². The lowest BCUT2D eigenvalue weighted by atomic mass is 10.1.